The molecule has 1 aliphatic rings. The molecule has 1 fully saturated rings. The number of hydrogen-bond donors (Lipinski definition) is 2. The van der Waals surface area contributed by atoms with Gasteiger partial charge in [-0.15, -0.1) is 0 Å². The third-order valence-corrected chi connectivity index (χ3v) is 4.44. The molecule has 0 radical (unpaired) electrons. The Hall–Kier alpha value is -2.24. The average Bonchev–Trinajstić information content (AvgIpc) is 2.53. The molecular formula is C19H29N3O3. The van der Waals surface area contributed by atoms with Gasteiger partial charge in [-0.2, -0.15) is 0 Å². The van der Waals surface area contributed by atoms with E-state index in [1.165, 1.54) is 6.92 Å². The van der Waals surface area contributed by atoms with Crippen LogP contribution in [0.4, 0.5) is 11.4 Å². The number of carbonyl (C=O) groups excluding carboxylic acids is 2. The van der Waals surface area contributed by atoms with Gasteiger partial charge in [0.15, 0.2) is 0 Å². The minimum Gasteiger partial charge on any atom is -0.495 e. The number of likely N-dealkylation sites (tertiary alicyclic amines) is 1. The fraction of sp³-hybridized carbons (Fsp3) is 0.579. The summed E-state index contributed by atoms with van der Waals surface area (Å²) in [5, 5.41) is 5.98. The Bertz CT molecular complexity index is 622. The number of rotatable bonds is 5. The zero-order valence-electron chi connectivity index (χ0n) is 15.8. The van der Waals surface area contributed by atoms with Crippen LogP contribution in [0, 0.1) is 11.8 Å². The fourth-order valence-corrected chi connectivity index (χ4v) is 3.51. The second-order valence-corrected chi connectivity index (χ2v) is 7.15. The summed E-state index contributed by atoms with van der Waals surface area (Å²) < 4.78 is 5.37. The number of amides is 2. The maximum Gasteiger partial charge on any atom is 0.244 e. The average molecular weight is 347 g/mol. The molecule has 6 nitrogen and oxygen atoms in total. The summed E-state index contributed by atoms with van der Waals surface area (Å²) in [6.07, 6.45) is 1.16. The first-order valence-electron chi connectivity index (χ1n) is 8.81. The van der Waals surface area contributed by atoms with Gasteiger partial charge in [0, 0.05) is 25.7 Å². The van der Waals surface area contributed by atoms with Crippen LogP contribution in [0.5, 0.6) is 5.75 Å². The molecule has 1 aromatic rings. The monoisotopic (exact) mass is 347 g/mol. The van der Waals surface area contributed by atoms with E-state index in [1.54, 1.807) is 25.3 Å². The van der Waals surface area contributed by atoms with Crippen LogP contribution < -0.4 is 15.4 Å². The van der Waals surface area contributed by atoms with E-state index in [4.69, 9.17) is 4.74 Å². The highest BCUT2D eigenvalue weighted by molar-refractivity contribution is 5.90. The second-order valence-electron chi connectivity index (χ2n) is 7.15. The van der Waals surface area contributed by atoms with Crippen LogP contribution in [0.1, 0.15) is 34.1 Å². The fourth-order valence-electron chi connectivity index (χ4n) is 3.51. The normalized spacial score (nSPS) is 21.4. The maximum absolute atomic E-state index is 12.8. The van der Waals surface area contributed by atoms with Crippen molar-refractivity contribution in [2.45, 2.75) is 40.2 Å². The minimum absolute atomic E-state index is 0.0883. The van der Waals surface area contributed by atoms with Crippen LogP contribution in [0.3, 0.4) is 0 Å². The van der Waals surface area contributed by atoms with E-state index in [-0.39, 0.29) is 17.9 Å². The van der Waals surface area contributed by atoms with Crippen LogP contribution in [0.15, 0.2) is 18.2 Å². The molecule has 1 heterocycles. The number of nitrogens with one attached hydrogen (secondary N) is 2. The van der Waals surface area contributed by atoms with Crippen LogP contribution >= 0.6 is 0 Å². The lowest BCUT2D eigenvalue weighted by molar-refractivity contribution is -0.134. The molecule has 1 saturated heterocycles. The first kappa shape index (κ1) is 19.1. The lowest BCUT2D eigenvalue weighted by atomic mass is 9.91. The van der Waals surface area contributed by atoms with E-state index in [2.05, 4.69) is 24.5 Å². The van der Waals surface area contributed by atoms with E-state index in [0.717, 1.165) is 19.5 Å². The van der Waals surface area contributed by atoms with Gasteiger partial charge in [0.2, 0.25) is 11.8 Å². The van der Waals surface area contributed by atoms with Crippen molar-refractivity contribution in [3.63, 3.8) is 0 Å². The van der Waals surface area contributed by atoms with E-state index in [0.29, 0.717) is 29.0 Å². The van der Waals surface area contributed by atoms with Gasteiger partial charge in [0.1, 0.15) is 11.8 Å². The molecule has 0 aromatic heterocycles. The van der Waals surface area contributed by atoms with Gasteiger partial charge >= 0.3 is 0 Å². The zero-order valence-corrected chi connectivity index (χ0v) is 15.8. The van der Waals surface area contributed by atoms with Gasteiger partial charge in [-0.05, 0) is 43.4 Å². The largest absolute Gasteiger partial charge is 0.495 e. The van der Waals surface area contributed by atoms with E-state index in [1.807, 2.05) is 11.8 Å². The zero-order chi connectivity index (χ0) is 18.6. The SMILES string of the molecule is COc1ccc(NC(C)=O)cc1N[C@H](C)C(=O)N1C[C@H](C)C[C@@H](C)C1. The van der Waals surface area contributed by atoms with Crippen molar-refractivity contribution in [1.29, 1.82) is 0 Å². The smallest absolute Gasteiger partial charge is 0.244 e. The number of hydrogen-bond acceptors (Lipinski definition) is 4. The molecule has 0 unspecified atom stereocenters. The molecule has 25 heavy (non-hydrogen) atoms. The first-order valence-corrected chi connectivity index (χ1v) is 8.81. The molecule has 1 aromatic carbocycles. The molecule has 1 aliphatic heterocycles. The Kier molecular flexibility index (Phi) is 6.28. The summed E-state index contributed by atoms with van der Waals surface area (Å²) >= 11 is 0. The Morgan fingerprint density at radius 1 is 1.24 bits per heavy atom. The summed E-state index contributed by atoms with van der Waals surface area (Å²) in [4.78, 5) is 26.0. The molecule has 0 bridgehead atoms. The molecule has 138 valence electrons. The molecule has 2 amide bonds. The Labute approximate surface area is 149 Å². The van der Waals surface area contributed by atoms with Crippen LogP contribution in [0.2, 0.25) is 0 Å². The Morgan fingerprint density at radius 2 is 1.88 bits per heavy atom. The van der Waals surface area contributed by atoms with Crippen LogP contribution in [-0.2, 0) is 9.59 Å². The molecule has 6 heteroatoms. The second kappa shape index (κ2) is 8.23. The lowest BCUT2D eigenvalue weighted by Crippen LogP contribution is -2.48. The van der Waals surface area contributed by atoms with Gasteiger partial charge in [0.25, 0.3) is 0 Å². The summed E-state index contributed by atoms with van der Waals surface area (Å²) in [5.74, 6) is 1.63. The molecule has 0 saturated carbocycles. The molecule has 3 atom stereocenters. The Balaban J connectivity index is 2.11. The first-order chi connectivity index (χ1) is 11.8. The third-order valence-electron chi connectivity index (χ3n) is 4.44. The molecular weight excluding hydrogens is 318 g/mol. The van der Waals surface area contributed by atoms with Crippen molar-refractivity contribution >= 4 is 23.2 Å². The predicted molar refractivity (Wildman–Crippen MR) is 99.9 cm³/mol. The number of anilines is 2. The highest BCUT2D eigenvalue weighted by Gasteiger charge is 2.28. The van der Waals surface area contributed by atoms with Crippen molar-refractivity contribution in [3.8, 4) is 5.75 Å². The summed E-state index contributed by atoms with van der Waals surface area (Å²) in [7, 11) is 1.58. The van der Waals surface area contributed by atoms with Gasteiger partial charge in [-0.1, -0.05) is 13.8 Å². The molecule has 2 rings (SSSR count). The predicted octanol–water partition coefficient (Wildman–Crippen LogP) is 2.96. The molecule has 0 aliphatic carbocycles. The maximum atomic E-state index is 12.8. The van der Waals surface area contributed by atoms with Gasteiger partial charge in [-0.3, -0.25) is 9.59 Å². The number of piperidine rings is 1. The van der Waals surface area contributed by atoms with Crippen molar-refractivity contribution in [3.05, 3.63) is 18.2 Å². The minimum atomic E-state index is -0.376. The molecule has 2 N–H and O–H groups in total. The number of carbonyl (C=O) groups is 2. The highest BCUT2D eigenvalue weighted by atomic mass is 16.5. The van der Waals surface area contributed by atoms with E-state index in [9.17, 15) is 9.59 Å². The third kappa shape index (κ3) is 5.11. The summed E-state index contributed by atoms with van der Waals surface area (Å²) in [6.45, 7) is 9.30. The number of benzene rings is 1. The number of ether oxygens (including phenoxy) is 1. The van der Waals surface area contributed by atoms with E-state index < -0.39 is 0 Å². The standard InChI is InChI=1S/C19H29N3O3/c1-12-8-13(2)11-22(10-12)19(24)14(3)20-17-9-16(21-15(4)23)6-7-18(17)25-5/h6-7,9,12-14,20H,8,10-11H2,1-5H3,(H,21,23)/t12-,13-,14-/m1/s1. The quantitative estimate of drug-likeness (QED) is 0.859. The van der Waals surface area contributed by atoms with Crippen molar-refractivity contribution in [1.82, 2.24) is 4.90 Å². The van der Waals surface area contributed by atoms with Crippen LogP contribution in [0.25, 0.3) is 0 Å². The van der Waals surface area contributed by atoms with Crippen molar-refractivity contribution in [2.24, 2.45) is 11.8 Å². The topological polar surface area (TPSA) is 70.7 Å². The molecule has 0 spiro atoms. The van der Waals surface area contributed by atoms with Crippen molar-refractivity contribution in [2.75, 3.05) is 30.8 Å². The Morgan fingerprint density at radius 3 is 2.44 bits per heavy atom. The number of nitrogens with zero attached hydrogens (tertiary/aromatic N) is 1. The summed E-state index contributed by atoms with van der Waals surface area (Å²) in [6, 6.07) is 4.95. The highest BCUT2D eigenvalue weighted by Crippen LogP contribution is 2.29. The van der Waals surface area contributed by atoms with E-state index >= 15 is 0 Å². The van der Waals surface area contributed by atoms with Gasteiger partial charge < -0.3 is 20.3 Å². The van der Waals surface area contributed by atoms with Gasteiger partial charge in [-0.25, -0.2) is 0 Å². The van der Waals surface area contributed by atoms with Gasteiger partial charge in [0.05, 0.1) is 12.8 Å². The summed E-state index contributed by atoms with van der Waals surface area (Å²) in [5.41, 5.74) is 1.35. The van der Waals surface area contributed by atoms with Crippen LogP contribution in [-0.4, -0.2) is 43.0 Å². The number of methoxy groups -OCH3 is 1. The lowest BCUT2D eigenvalue weighted by Gasteiger charge is -2.36. The van der Waals surface area contributed by atoms with Crippen molar-refractivity contribution < 1.29 is 14.3 Å².